The van der Waals surface area contributed by atoms with Gasteiger partial charge >= 0.3 is 5.97 Å². The topological polar surface area (TPSA) is 55.4 Å². The van der Waals surface area contributed by atoms with Gasteiger partial charge in [0.1, 0.15) is 5.54 Å². The van der Waals surface area contributed by atoms with E-state index in [1.165, 1.54) is 13.2 Å². The van der Waals surface area contributed by atoms with Crippen LogP contribution in [0.15, 0.2) is 34.8 Å². The second-order valence-electron chi connectivity index (χ2n) is 5.51. The largest absolute Gasteiger partial charge is 0.467 e. The molecule has 1 fully saturated rings. The Morgan fingerprint density at radius 1 is 1.18 bits per heavy atom. The number of hydrogen-bond donors (Lipinski definition) is 1. The lowest BCUT2D eigenvalue weighted by molar-refractivity contribution is -0.152. The van der Waals surface area contributed by atoms with Crippen LogP contribution < -0.4 is 5.32 Å². The molecular weight excluding hydrogens is 346 g/mol. The average Bonchev–Trinajstić information content (AvgIpc) is 2.54. The van der Waals surface area contributed by atoms with E-state index in [0.717, 1.165) is 29.3 Å². The van der Waals surface area contributed by atoms with E-state index in [4.69, 9.17) is 4.74 Å². The number of carbonyl (C=O) groups is 2. The first-order valence-corrected chi connectivity index (χ1v) is 8.19. The molecule has 0 spiro atoms. The summed E-state index contributed by atoms with van der Waals surface area (Å²) in [4.78, 5) is 24.2. The predicted molar refractivity (Wildman–Crippen MR) is 89.2 cm³/mol. The van der Waals surface area contributed by atoms with Crippen molar-refractivity contribution in [3.63, 3.8) is 0 Å². The standard InChI is InChI=1S/C17H20BrNO3/c1-22-16(21)17(11-3-2-4-12-17)19-15(20)10-7-13-5-8-14(18)9-6-13/h5-10H,2-4,11-12H2,1H3,(H,19,20). The van der Waals surface area contributed by atoms with E-state index in [-0.39, 0.29) is 11.9 Å². The Hall–Kier alpha value is -1.62. The van der Waals surface area contributed by atoms with Crippen LogP contribution in [0.1, 0.15) is 37.7 Å². The quantitative estimate of drug-likeness (QED) is 0.656. The van der Waals surface area contributed by atoms with Gasteiger partial charge in [-0.2, -0.15) is 0 Å². The summed E-state index contributed by atoms with van der Waals surface area (Å²) in [6, 6.07) is 7.64. The number of nitrogens with one attached hydrogen (secondary N) is 1. The minimum Gasteiger partial charge on any atom is -0.467 e. The van der Waals surface area contributed by atoms with Crippen molar-refractivity contribution in [2.45, 2.75) is 37.6 Å². The predicted octanol–water partition coefficient (Wildman–Crippen LogP) is 3.45. The molecule has 1 aliphatic rings. The highest BCUT2D eigenvalue weighted by Crippen LogP contribution is 2.29. The summed E-state index contributed by atoms with van der Waals surface area (Å²) in [5.41, 5.74) is 0.0582. The molecule has 4 nitrogen and oxygen atoms in total. The number of rotatable bonds is 4. The van der Waals surface area contributed by atoms with E-state index in [2.05, 4.69) is 21.2 Å². The van der Waals surface area contributed by atoms with Crippen LogP contribution in [-0.2, 0) is 14.3 Å². The molecule has 1 aromatic carbocycles. The van der Waals surface area contributed by atoms with Crippen LogP contribution in [-0.4, -0.2) is 24.5 Å². The van der Waals surface area contributed by atoms with Crippen LogP contribution in [0.3, 0.4) is 0 Å². The summed E-state index contributed by atoms with van der Waals surface area (Å²) in [5.74, 6) is -0.618. The third-order valence-electron chi connectivity index (χ3n) is 3.94. The number of halogens is 1. The van der Waals surface area contributed by atoms with Gasteiger partial charge in [-0.1, -0.05) is 47.3 Å². The fourth-order valence-electron chi connectivity index (χ4n) is 2.75. The van der Waals surface area contributed by atoms with E-state index >= 15 is 0 Å². The van der Waals surface area contributed by atoms with Crippen LogP contribution in [0.2, 0.25) is 0 Å². The summed E-state index contributed by atoms with van der Waals surface area (Å²) in [7, 11) is 1.36. The maximum absolute atomic E-state index is 12.2. The van der Waals surface area contributed by atoms with Crippen molar-refractivity contribution in [3.05, 3.63) is 40.4 Å². The summed E-state index contributed by atoms with van der Waals surface area (Å²) >= 11 is 3.37. The van der Waals surface area contributed by atoms with E-state index in [1.54, 1.807) is 6.08 Å². The highest BCUT2D eigenvalue weighted by molar-refractivity contribution is 9.10. The normalized spacial score (nSPS) is 17.2. The molecule has 0 atom stereocenters. The van der Waals surface area contributed by atoms with Gasteiger partial charge in [-0.15, -0.1) is 0 Å². The molecule has 118 valence electrons. The summed E-state index contributed by atoms with van der Waals surface area (Å²) in [5, 5.41) is 2.86. The molecule has 1 aromatic rings. The Morgan fingerprint density at radius 3 is 2.41 bits per heavy atom. The summed E-state index contributed by atoms with van der Waals surface area (Å²) in [6.07, 6.45) is 7.40. The molecule has 0 radical (unpaired) electrons. The Morgan fingerprint density at radius 2 is 1.82 bits per heavy atom. The van der Waals surface area contributed by atoms with Crippen molar-refractivity contribution in [1.29, 1.82) is 0 Å². The van der Waals surface area contributed by atoms with Gasteiger partial charge in [-0.05, 0) is 36.6 Å². The van der Waals surface area contributed by atoms with Gasteiger partial charge in [0, 0.05) is 10.5 Å². The van der Waals surface area contributed by atoms with Gasteiger partial charge in [-0.25, -0.2) is 4.79 Å². The highest BCUT2D eigenvalue weighted by Gasteiger charge is 2.41. The SMILES string of the molecule is COC(=O)C1(NC(=O)C=Cc2ccc(Br)cc2)CCCCC1. The minimum absolute atomic E-state index is 0.268. The molecule has 0 saturated heterocycles. The molecule has 2 rings (SSSR count). The van der Waals surface area contributed by atoms with Crippen molar-refractivity contribution in [3.8, 4) is 0 Å². The molecule has 0 unspecified atom stereocenters. The molecule has 22 heavy (non-hydrogen) atoms. The lowest BCUT2D eigenvalue weighted by Crippen LogP contribution is -2.55. The Balaban J connectivity index is 2.04. The number of esters is 1. The average molecular weight is 366 g/mol. The van der Waals surface area contributed by atoms with Gasteiger partial charge in [0.05, 0.1) is 7.11 Å². The lowest BCUT2D eigenvalue weighted by atomic mass is 9.81. The van der Waals surface area contributed by atoms with E-state index in [0.29, 0.717) is 12.8 Å². The van der Waals surface area contributed by atoms with E-state index < -0.39 is 5.54 Å². The van der Waals surface area contributed by atoms with Crippen LogP contribution >= 0.6 is 15.9 Å². The number of methoxy groups -OCH3 is 1. The third-order valence-corrected chi connectivity index (χ3v) is 4.47. The first-order chi connectivity index (χ1) is 10.6. The van der Waals surface area contributed by atoms with Crippen LogP contribution in [0.5, 0.6) is 0 Å². The van der Waals surface area contributed by atoms with Crippen molar-refractivity contribution in [2.24, 2.45) is 0 Å². The lowest BCUT2D eigenvalue weighted by Gasteiger charge is -2.34. The maximum atomic E-state index is 12.2. The maximum Gasteiger partial charge on any atom is 0.331 e. The number of amides is 1. The van der Waals surface area contributed by atoms with Gasteiger partial charge in [0.15, 0.2) is 0 Å². The molecule has 0 aliphatic heterocycles. The van der Waals surface area contributed by atoms with Crippen molar-refractivity contribution in [1.82, 2.24) is 5.32 Å². The smallest absolute Gasteiger partial charge is 0.331 e. The molecule has 1 N–H and O–H groups in total. The zero-order valence-electron chi connectivity index (χ0n) is 12.6. The molecule has 1 saturated carbocycles. The molecular formula is C17H20BrNO3. The van der Waals surface area contributed by atoms with E-state index in [9.17, 15) is 9.59 Å². The highest BCUT2D eigenvalue weighted by atomic mass is 79.9. The number of ether oxygens (including phenoxy) is 1. The third kappa shape index (κ3) is 4.19. The first kappa shape index (κ1) is 16.7. The minimum atomic E-state index is -0.867. The Bertz CT molecular complexity index is 560. The second kappa shape index (κ2) is 7.58. The number of carbonyl (C=O) groups excluding carboxylic acids is 2. The molecule has 1 aliphatic carbocycles. The number of hydrogen-bond acceptors (Lipinski definition) is 3. The van der Waals surface area contributed by atoms with Gasteiger partial charge < -0.3 is 10.1 Å². The Kier molecular flexibility index (Phi) is 5.77. The zero-order valence-corrected chi connectivity index (χ0v) is 14.2. The van der Waals surface area contributed by atoms with Gasteiger partial charge in [0.2, 0.25) is 5.91 Å². The zero-order chi connectivity index (χ0) is 16.0. The van der Waals surface area contributed by atoms with Crippen LogP contribution in [0, 0.1) is 0 Å². The molecule has 0 aromatic heterocycles. The Labute approximate surface area is 139 Å². The molecule has 0 bridgehead atoms. The van der Waals surface area contributed by atoms with Crippen molar-refractivity contribution < 1.29 is 14.3 Å². The van der Waals surface area contributed by atoms with Crippen LogP contribution in [0.25, 0.3) is 6.08 Å². The summed E-state index contributed by atoms with van der Waals surface area (Å²) < 4.78 is 5.87. The fourth-order valence-corrected chi connectivity index (χ4v) is 3.02. The van der Waals surface area contributed by atoms with Crippen LogP contribution in [0.4, 0.5) is 0 Å². The summed E-state index contributed by atoms with van der Waals surface area (Å²) in [6.45, 7) is 0. The second-order valence-corrected chi connectivity index (χ2v) is 6.42. The molecule has 0 heterocycles. The van der Waals surface area contributed by atoms with Gasteiger partial charge in [0.25, 0.3) is 0 Å². The molecule has 1 amide bonds. The van der Waals surface area contributed by atoms with Gasteiger partial charge in [-0.3, -0.25) is 4.79 Å². The van der Waals surface area contributed by atoms with Crippen molar-refractivity contribution in [2.75, 3.05) is 7.11 Å². The monoisotopic (exact) mass is 365 g/mol. The van der Waals surface area contributed by atoms with E-state index in [1.807, 2.05) is 24.3 Å². The first-order valence-electron chi connectivity index (χ1n) is 7.40. The fraction of sp³-hybridized carbons (Fsp3) is 0.412. The number of benzene rings is 1. The molecule has 5 heteroatoms. The van der Waals surface area contributed by atoms with Crippen molar-refractivity contribution >= 4 is 33.9 Å².